The van der Waals surface area contributed by atoms with E-state index in [0.717, 1.165) is 34.3 Å². The molecular weight excluding hydrogens is 408 g/mol. The van der Waals surface area contributed by atoms with Gasteiger partial charge in [-0.05, 0) is 126 Å². The molecule has 0 heterocycles. The number of esters is 1. The summed E-state index contributed by atoms with van der Waals surface area (Å²) in [5.74, 6) is 2.25. The van der Waals surface area contributed by atoms with Gasteiger partial charge in [0.25, 0.3) is 0 Å². The molecule has 0 aromatic heterocycles. The van der Waals surface area contributed by atoms with Crippen LogP contribution in [0.25, 0.3) is 21.9 Å². The molecule has 3 heteroatoms. The van der Waals surface area contributed by atoms with Gasteiger partial charge < -0.3 is 9.84 Å². The van der Waals surface area contributed by atoms with Crippen LogP contribution in [0.3, 0.4) is 0 Å². The molecule has 3 aromatic carbocycles. The van der Waals surface area contributed by atoms with Gasteiger partial charge >= 0.3 is 5.97 Å². The second-order valence-corrected chi connectivity index (χ2v) is 10.9. The standard InChI is InChI=1S/C30H32O3/c1-18(31)26-13-24-4-3-5-25(22-6-8-23(9-7-22)29(32)33-2)27(24)14-28(26)30-15-19-10-20(16-30)12-21(11-19)17-30/h3-9,13-14,18-21,31H,10-12,15-17H2,1-2H3. The molecule has 1 unspecified atom stereocenters. The lowest BCUT2D eigenvalue weighted by Crippen LogP contribution is -2.49. The van der Waals surface area contributed by atoms with Gasteiger partial charge in [-0.25, -0.2) is 4.79 Å². The first-order chi connectivity index (χ1) is 16.0. The Morgan fingerprint density at radius 2 is 1.61 bits per heavy atom. The predicted octanol–water partition coefficient (Wildman–Crippen LogP) is 6.81. The van der Waals surface area contributed by atoms with Crippen LogP contribution < -0.4 is 0 Å². The highest BCUT2D eigenvalue weighted by Crippen LogP contribution is 2.61. The van der Waals surface area contributed by atoms with Gasteiger partial charge in [0.15, 0.2) is 0 Å². The predicted molar refractivity (Wildman–Crippen MR) is 131 cm³/mol. The van der Waals surface area contributed by atoms with Crippen LogP contribution in [0, 0.1) is 17.8 Å². The van der Waals surface area contributed by atoms with E-state index in [1.807, 2.05) is 31.2 Å². The number of methoxy groups -OCH3 is 1. The maximum absolute atomic E-state index is 11.9. The van der Waals surface area contributed by atoms with Gasteiger partial charge in [0.05, 0.1) is 18.8 Å². The maximum atomic E-state index is 11.9. The fourth-order valence-corrected chi connectivity index (χ4v) is 7.74. The van der Waals surface area contributed by atoms with Gasteiger partial charge in [-0.1, -0.05) is 30.3 Å². The number of aliphatic hydroxyl groups excluding tert-OH is 1. The number of ether oxygens (including phenoxy) is 1. The molecule has 0 radical (unpaired) electrons. The van der Waals surface area contributed by atoms with Gasteiger partial charge in [-0.15, -0.1) is 0 Å². The summed E-state index contributed by atoms with van der Waals surface area (Å²) in [6.45, 7) is 1.92. The molecule has 4 aliphatic carbocycles. The van der Waals surface area contributed by atoms with E-state index >= 15 is 0 Å². The number of rotatable bonds is 4. The van der Waals surface area contributed by atoms with E-state index in [-0.39, 0.29) is 11.4 Å². The molecule has 4 aliphatic rings. The lowest BCUT2D eigenvalue weighted by atomic mass is 9.47. The Hall–Kier alpha value is -2.65. The minimum absolute atomic E-state index is 0.219. The van der Waals surface area contributed by atoms with Crippen LogP contribution in [0.1, 0.15) is 73.0 Å². The maximum Gasteiger partial charge on any atom is 0.337 e. The van der Waals surface area contributed by atoms with Gasteiger partial charge in [-0.2, -0.15) is 0 Å². The second kappa shape index (κ2) is 7.70. The molecule has 0 aliphatic heterocycles. The molecule has 3 aromatic rings. The van der Waals surface area contributed by atoms with Crippen molar-refractivity contribution < 1.29 is 14.6 Å². The second-order valence-electron chi connectivity index (χ2n) is 10.9. The van der Waals surface area contributed by atoms with Crippen molar-refractivity contribution >= 4 is 16.7 Å². The average molecular weight is 441 g/mol. The Morgan fingerprint density at radius 3 is 2.18 bits per heavy atom. The van der Waals surface area contributed by atoms with Gasteiger partial charge in [-0.3, -0.25) is 0 Å². The van der Waals surface area contributed by atoms with Crippen LogP contribution in [0.4, 0.5) is 0 Å². The van der Waals surface area contributed by atoms with Crippen LogP contribution in [-0.4, -0.2) is 18.2 Å². The van der Waals surface area contributed by atoms with Crippen molar-refractivity contribution in [2.75, 3.05) is 7.11 Å². The summed E-state index contributed by atoms with van der Waals surface area (Å²) in [4.78, 5) is 11.9. The third-order valence-electron chi connectivity index (χ3n) is 8.73. The highest BCUT2D eigenvalue weighted by atomic mass is 16.5. The summed E-state index contributed by atoms with van der Waals surface area (Å²) in [5.41, 5.74) is 5.55. The van der Waals surface area contributed by atoms with Crippen molar-refractivity contribution in [2.45, 2.75) is 57.0 Å². The molecular formula is C30H32O3. The molecule has 4 bridgehead atoms. The van der Waals surface area contributed by atoms with Gasteiger partial charge in [0.1, 0.15) is 0 Å². The first-order valence-corrected chi connectivity index (χ1v) is 12.4. The Kier molecular flexibility index (Phi) is 4.88. The lowest BCUT2D eigenvalue weighted by Gasteiger charge is -2.57. The minimum atomic E-state index is -0.472. The Bertz CT molecular complexity index is 1190. The minimum Gasteiger partial charge on any atom is -0.465 e. The molecule has 170 valence electrons. The van der Waals surface area contributed by atoms with E-state index in [2.05, 4.69) is 30.3 Å². The molecule has 7 rings (SSSR count). The number of carbonyl (C=O) groups is 1. The van der Waals surface area contributed by atoms with Crippen molar-refractivity contribution in [3.05, 3.63) is 71.3 Å². The van der Waals surface area contributed by atoms with Gasteiger partial charge in [0.2, 0.25) is 0 Å². The third kappa shape index (κ3) is 3.40. The fourth-order valence-electron chi connectivity index (χ4n) is 7.74. The van der Waals surface area contributed by atoms with Crippen molar-refractivity contribution in [2.24, 2.45) is 17.8 Å². The van der Waals surface area contributed by atoms with Crippen LogP contribution >= 0.6 is 0 Å². The summed E-state index contributed by atoms with van der Waals surface area (Å²) in [5, 5.41) is 13.2. The Labute approximate surface area is 195 Å². The summed E-state index contributed by atoms with van der Waals surface area (Å²) < 4.78 is 4.86. The molecule has 0 spiro atoms. The summed E-state index contributed by atoms with van der Waals surface area (Å²) >= 11 is 0. The van der Waals surface area contributed by atoms with E-state index in [1.54, 1.807) is 0 Å². The van der Waals surface area contributed by atoms with E-state index in [9.17, 15) is 9.90 Å². The van der Waals surface area contributed by atoms with E-state index in [4.69, 9.17) is 4.74 Å². The number of hydrogen-bond acceptors (Lipinski definition) is 3. The number of hydrogen-bond donors (Lipinski definition) is 1. The molecule has 4 fully saturated rings. The molecule has 4 saturated carbocycles. The largest absolute Gasteiger partial charge is 0.465 e. The lowest BCUT2D eigenvalue weighted by molar-refractivity contribution is -0.00641. The molecule has 3 nitrogen and oxygen atoms in total. The normalized spacial score (nSPS) is 28.8. The number of benzene rings is 3. The topological polar surface area (TPSA) is 46.5 Å². The fraction of sp³-hybridized carbons (Fsp3) is 0.433. The van der Waals surface area contributed by atoms with E-state index in [0.29, 0.717) is 5.56 Å². The molecule has 0 amide bonds. The van der Waals surface area contributed by atoms with Crippen molar-refractivity contribution in [3.8, 4) is 11.1 Å². The smallest absolute Gasteiger partial charge is 0.337 e. The molecule has 1 N–H and O–H groups in total. The number of aliphatic hydroxyl groups is 1. The molecule has 1 atom stereocenters. The highest BCUT2D eigenvalue weighted by molar-refractivity contribution is 5.98. The third-order valence-corrected chi connectivity index (χ3v) is 8.73. The Balaban J connectivity index is 1.51. The number of fused-ring (bicyclic) bond motifs is 1. The zero-order valence-corrected chi connectivity index (χ0v) is 19.5. The first kappa shape index (κ1) is 20.9. The van der Waals surface area contributed by atoms with E-state index < -0.39 is 6.10 Å². The zero-order chi connectivity index (χ0) is 22.7. The Morgan fingerprint density at radius 1 is 0.970 bits per heavy atom. The molecule has 0 saturated heterocycles. The average Bonchev–Trinajstić information content (AvgIpc) is 2.81. The van der Waals surface area contributed by atoms with Gasteiger partial charge in [0, 0.05) is 0 Å². The van der Waals surface area contributed by atoms with Crippen LogP contribution in [0.15, 0.2) is 54.6 Å². The molecule has 33 heavy (non-hydrogen) atoms. The SMILES string of the molecule is COC(=O)c1ccc(-c2cccc3cc(C(C)O)c(C45CC6CC(CC(C6)C4)C5)cc23)cc1. The van der Waals surface area contributed by atoms with Crippen molar-refractivity contribution in [1.82, 2.24) is 0 Å². The van der Waals surface area contributed by atoms with E-state index in [1.165, 1.54) is 62.1 Å². The summed E-state index contributed by atoms with van der Waals surface area (Å²) in [6, 6.07) is 18.7. The zero-order valence-electron chi connectivity index (χ0n) is 19.5. The summed E-state index contributed by atoms with van der Waals surface area (Å²) in [7, 11) is 1.41. The van der Waals surface area contributed by atoms with Crippen LogP contribution in [0.2, 0.25) is 0 Å². The van der Waals surface area contributed by atoms with Crippen molar-refractivity contribution in [1.29, 1.82) is 0 Å². The van der Waals surface area contributed by atoms with Crippen molar-refractivity contribution in [3.63, 3.8) is 0 Å². The quantitative estimate of drug-likeness (QED) is 0.453. The number of carbonyl (C=O) groups excluding carboxylic acids is 1. The van der Waals surface area contributed by atoms with Crippen LogP contribution in [-0.2, 0) is 10.2 Å². The monoisotopic (exact) mass is 440 g/mol. The highest BCUT2D eigenvalue weighted by Gasteiger charge is 2.52. The summed E-state index contributed by atoms with van der Waals surface area (Å²) in [6.07, 6.45) is 7.60. The van der Waals surface area contributed by atoms with Crippen LogP contribution in [0.5, 0.6) is 0 Å². The first-order valence-electron chi connectivity index (χ1n) is 12.4.